The molecule has 0 aliphatic carbocycles. The zero-order chi connectivity index (χ0) is 22.3. The van der Waals surface area contributed by atoms with E-state index in [0.29, 0.717) is 30.4 Å². The minimum absolute atomic E-state index is 0.0758. The highest BCUT2D eigenvalue weighted by Gasteiger charge is 2.21. The van der Waals surface area contributed by atoms with E-state index in [4.69, 9.17) is 9.47 Å². The van der Waals surface area contributed by atoms with Gasteiger partial charge in [0.1, 0.15) is 0 Å². The first-order valence-electron chi connectivity index (χ1n) is 9.59. The lowest BCUT2D eigenvalue weighted by Crippen LogP contribution is -2.27. The maximum atomic E-state index is 12.9. The molecule has 0 radical (unpaired) electrons. The first-order valence-corrected chi connectivity index (χ1v) is 12.3. The molecule has 2 rings (SSSR count). The number of anilines is 1. The number of rotatable bonds is 10. The Morgan fingerprint density at radius 3 is 2.33 bits per heavy atom. The van der Waals surface area contributed by atoms with Crippen molar-refractivity contribution in [1.82, 2.24) is 4.72 Å². The van der Waals surface area contributed by atoms with E-state index in [-0.39, 0.29) is 10.8 Å². The molecule has 164 valence electrons. The van der Waals surface area contributed by atoms with Crippen LogP contribution >= 0.6 is 11.8 Å². The summed E-state index contributed by atoms with van der Waals surface area (Å²) in [6.45, 7) is 7.88. The molecular formula is C21H28N2O5S2. The Balaban J connectivity index is 2.30. The van der Waals surface area contributed by atoms with Gasteiger partial charge in [-0.25, -0.2) is 13.1 Å². The number of carbonyl (C=O) groups excluding carboxylic acids is 1. The van der Waals surface area contributed by atoms with Gasteiger partial charge in [-0.05, 0) is 62.9 Å². The minimum atomic E-state index is -3.82. The molecule has 2 aromatic rings. The highest BCUT2D eigenvalue weighted by atomic mass is 32.2. The molecule has 2 aromatic carbocycles. The van der Waals surface area contributed by atoms with Crippen LogP contribution in [0.25, 0.3) is 0 Å². The van der Waals surface area contributed by atoms with Gasteiger partial charge >= 0.3 is 0 Å². The van der Waals surface area contributed by atoms with E-state index in [2.05, 4.69) is 10.0 Å². The predicted molar refractivity (Wildman–Crippen MR) is 120 cm³/mol. The number of thioether (sulfide) groups is 1. The SMILES string of the molecule is CCOc1ccc([C@@H](C)NS(=O)(=O)c2ccc(SC)c(NC(C)=O)c2)cc1OCC. The highest BCUT2D eigenvalue weighted by molar-refractivity contribution is 7.98. The number of hydrogen-bond acceptors (Lipinski definition) is 6. The Hall–Kier alpha value is -2.23. The number of carbonyl (C=O) groups is 1. The van der Waals surface area contributed by atoms with Gasteiger partial charge in [0.05, 0.1) is 23.8 Å². The lowest BCUT2D eigenvalue weighted by Gasteiger charge is -2.18. The van der Waals surface area contributed by atoms with Crippen LogP contribution < -0.4 is 19.5 Å². The van der Waals surface area contributed by atoms with Gasteiger partial charge in [0.15, 0.2) is 11.5 Å². The van der Waals surface area contributed by atoms with Crippen LogP contribution in [0.3, 0.4) is 0 Å². The summed E-state index contributed by atoms with van der Waals surface area (Å²) < 4.78 is 39.8. The van der Waals surface area contributed by atoms with Crippen LogP contribution in [0.15, 0.2) is 46.2 Å². The van der Waals surface area contributed by atoms with Crippen molar-refractivity contribution in [3.63, 3.8) is 0 Å². The van der Waals surface area contributed by atoms with Gasteiger partial charge in [-0.15, -0.1) is 11.8 Å². The Morgan fingerprint density at radius 2 is 1.73 bits per heavy atom. The lowest BCUT2D eigenvalue weighted by atomic mass is 10.1. The van der Waals surface area contributed by atoms with Crippen LogP contribution in [0.2, 0.25) is 0 Å². The molecule has 0 aliphatic heterocycles. The van der Waals surface area contributed by atoms with E-state index in [1.165, 1.54) is 30.8 Å². The third-order valence-corrected chi connectivity index (χ3v) is 6.53. The molecule has 1 amide bonds. The van der Waals surface area contributed by atoms with E-state index < -0.39 is 16.1 Å². The molecule has 7 nitrogen and oxygen atoms in total. The summed E-state index contributed by atoms with van der Waals surface area (Å²) in [5.74, 6) is 0.921. The molecule has 2 N–H and O–H groups in total. The number of benzene rings is 2. The molecule has 30 heavy (non-hydrogen) atoms. The van der Waals surface area contributed by atoms with Gasteiger partial charge in [-0.2, -0.15) is 0 Å². The van der Waals surface area contributed by atoms with E-state index in [9.17, 15) is 13.2 Å². The molecule has 0 aliphatic rings. The molecule has 0 saturated heterocycles. The van der Waals surface area contributed by atoms with Crippen LogP contribution in [0, 0.1) is 0 Å². The Bertz CT molecular complexity index is 993. The third kappa shape index (κ3) is 6.13. The summed E-state index contributed by atoms with van der Waals surface area (Å²) in [5.41, 5.74) is 1.21. The van der Waals surface area contributed by atoms with Gasteiger partial charge in [-0.3, -0.25) is 4.79 Å². The van der Waals surface area contributed by atoms with E-state index in [1.807, 2.05) is 20.1 Å². The molecule has 0 fully saturated rings. The van der Waals surface area contributed by atoms with Crippen molar-refractivity contribution in [2.75, 3.05) is 24.8 Å². The zero-order valence-electron chi connectivity index (χ0n) is 17.8. The van der Waals surface area contributed by atoms with Crippen molar-refractivity contribution >= 4 is 33.4 Å². The van der Waals surface area contributed by atoms with Gasteiger partial charge in [0.25, 0.3) is 0 Å². The fourth-order valence-electron chi connectivity index (χ4n) is 2.85. The van der Waals surface area contributed by atoms with E-state index in [1.54, 1.807) is 31.2 Å². The number of sulfonamides is 1. The zero-order valence-corrected chi connectivity index (χ0v) is 19.4. The molecule has 1 atom stereocenters. The summed E-state index contributed by atoms with van der Waals surface area (Å²) in [4.78, 5) is 12.3. The van der Waals surface area contributed by atoms with Gasteiger partial charge in [0, 0.05) is 17.9 Å². The summed E-state index contributed by atoms with van der Waals surface area (Å²) in [6.07, 6.45) is 1.86. The van der Waals surface area contributed by atoms with Crippen molar-refractivity contribution in [3.8, 4) is 11.5 Å². The van der Waals surface area contributed by atoms with Gasteiger partial charge in [-0.1, -0.05) is 6.07 Å². The number of hydrogen-bond donors (Lipinski definition) is 2. The summed E-state index contributed by atoms with van der Waals surface area (Å²) in [6, 6.07) is 9.52. The fraction of sp³-hybridized carbons (Fsp3) is 0.381. The highest BCUT2D eigenvalue weighted by Crippen LogP contribution is 2.32. The molecule has 0 aromatic heterocycles. The maximum absolute atomic E-state index is 12.9. The Morgan fingerprint density at radius 1 is 1.07 bits per heavy atom. The van der Waals surface area contributed by atoms with Gasteiger partial charge < -0.3 is 14.8 Å². The molecule has 0 spiro atoms. The quantitative estimate of drug-likeness (QED) is 0.525. The van der Waals surface area contributed by atoms with Gasteiger partial charge in [0.2, 0.25) is 15.9 Å². The van der Waals surface area contributed by atoms with Crippen LogP contribution in [-0.2, 0) is 14.8 Å². The number of nitrogens with one attached hydrogen (secondary N) is 2. The summed E-state index contributed by atoms with van der Waals surface area (Å²) in [7, 11) is -3.82. The molecule has 9 heteroatoms. The molecular weight excluding hydrogens is 424 g/mol. The second kappa shape index (κ2) is 10.7. The van der Waals surface area contributed by atoms with Crippen molar-refractivity contribution in [2.24, 2.45) is 0 Å². The summed E-state index contributed by atoms with van der Waals surface area (Å²) in [5, 5.41) is 2.68. The monoisotopic (exact) mass is 452 g/mol. The average Bonchev–Trinajstić information content (AvgIpc) is 2.68. The van der Waals surface area contributed by atoms with Crippen LogP contribution in [-0.4, -0.2) is 33.8 Å². The third-order valence-electron chi connectivity index (χ3n) is 4.19. The predicted octanol–water partition coefficient (Wildman–Crippen LogP) is 4.20. The van der Waals surface area contributed by atoms with Crippen LogP contribution in [0.1, 0.15) is 39.3 Å². The Kier molecular flexibility index (Phi) is 8.57. The second-order valence-electron chi connectivity index (χ2n) is 6.46. The van der Waals surface area contributed by atoms with Crippen molar-refractivity contribution < 1.29 is 22.7 Å². The van der Waals surface area contributed by atoms with E-state index >= 15 is 0 Å². The first kappa shape index (κ1) is 24.0. The molecule has 0 heterocycles. The molecule has 0 bridgehead atoms. The van der Waals surface area contributed by atoms with Crippen molar-refractivity contribution in [3.05, 3.63) is 42.0 Å². The standard InChI is InChI=1S/C21H28N2O5S2/c1-6-27-19-10-8-16(12-20(19)28-7-2)14(3)23-30(25,26)17-9-11-21(29-5)18(13-17)22-15(4)24/h8-14,23H,6-7H2,1-5H3,(H,22,24)/t14-/m1/s1. The van der Waals surface area contributed by atoms with Crippen LogP contribution in [0.4, 0.5) is 5.69 Å². The Labute approximate surface area is 182 Å². The fourth-order valence-corrected chi connectivity index (χ4v) is 4.64. The smallest absolute Gasteiger partial charge is 0.241 e. The van der Waals surface area contributed by atoms with Crippen molar-refractivity contribution in [1.29, 1.82) is 0 Å². The lowest BCUT2D eigenvalue weighted by molar-refractivity contribution is -0.114. The topological polar surface area (TPSA) is 93.7 Å². The molecule has 0 saturated carbocycles. The van der Waals surface area contributed by atoms with Crippen LogP contribution in [0.5, 0.6) is 11.5 Å². The molecule has 0 unspecified atom stereocenters. The first-order chi connectivity index (χ1) is 14.2. The largest absolute Gasteiger partial charge is 0.490 e. The average molecular weight is 453 g/mol. The normalized spacial score (nSPS) is 12.3. The second-order valence-corrected chi connectivity index (χ2v) is 9.02. The number of ether oxygens (including phenoxy) is 2. The summed E-state index contributed by atoms with van der Waals surface area (Å²) >= 11 is 1.42. The van der Waals surface area contributed by atoms with Crippen molar-refractivity contribution in [2.45, 2.75) is 43.5 Å². The number of amides is 1. The minimum Gasteiger partial charge on any atom is -0.490 e. The van der Waals surface area contributed by atoms with E-state index in [0.717, 1.165) is 10.5 Å². The maximum Gasteiger partial charge on any atom is 0.241 e.